The second-order valence-electron chi connectivity index (χ2n) is 7.69. The van der Waals surface area contributed by atoms with Gasteiger partial charge in [0.05, 0.1) is 16.2 Å². The van der Waals surface area contributed by atoms with Gasteiger partial charge in [-0.2, -0.15) is 13.2 Å². The van der Waals surface area contributed by atoms with Gasteiger partial charge in [0.15, 0.2) is 0 Å². The van der Waals surface area contributed by atoms with Crippen LogP contribution in [-0.2, 0) is 20.5 Å². The van der Waals surface area contributed by atoms with E-state index in [0.29, 0.717) is 24.0 Å². The largest absolute Gasteiger partial charge is 0.450 e. The Morgan fingerprint density at radius 1 is 1.26 bits per heavy atom. The van der Waals surface area contributed by atoms with Crippen LogP contribution in [0.1, 0.15) is 32.3 Å². The van der Waals surface area contributed by atoms with Crippen LogP contribution in [0.5, 0.6) is 0 Å². The molecule has 2 N–H and O–H groups in total. The van der Waals surface area contributed by atoms with Gasteiger partial charge in [0.1, 0.15) is 5.60 Å². The average Bonchev–Trinajstić information content (AvgIpc) is 2.95. The van der Waals surface area contributed by atoms with Crippen molar-refractivity contribution in [3.8, 4) is 0 Å². The summed E-state index contributed by atoms with van der Waals surface area (Å²) in [6, 6.07) is 3.54. The number of likely N-dealkylation sites (tertiary alicyclic amines) is 1. The third kappa shape index (κ3) is 4.98. The molecule has 0 aromatic heterocycles. The van der Waals surface area contributed by atoms with Gasteiger partial charge in [-0.15, -0.1) is 0 Å². The van der Waals surface area contributed by atoms with E-state index in [2.05, 4.69) is 22.5 Å². The highest BCUT2D eigenvalue weighted by Crippen LogP contribution is 2.41. The normalized spacial score (nSPS) is 19.0. The lowest BCUT2D eigenvalue weighted by Gasteiger charge is -2.39. The molecular weight excluding hydrogens is 435 g/mol. The number of nitrogens with zero attached hydrogens (tertiary/aromatic N) is 1. The van der Waals surface area contributed by atoms with Gasteiger partial charge < -0.3 is 20.3 Å². The lowest BCUT2D eigenvalue weighted by Crippen LogP contribution is -2.49. The van der Waals surface area contributed by atoms with Crippen molar-refractivity contribution in [2.24, 2.45) is 0 Å². The second kappa shape index (κ2) is 9.08. The fourth-order valence-corrected chi connectivity index (χ4v) is 4.26. The van der Waals surface area contributed by atoms with Crippen molar-refractivity contribution in [1.29, 1.82) is 0 Å². The van der Waals surface area contributed by atoms with Gasteiger partial charge in [-0.1, -0.05) is 18.5 Å². The number of nitrogens with one attached hydrogen (secondary N) is 2. The molecule has 3 rings (SSSR count). The molecule has 2 aliphatic rings. The van der Waals surface area contributed by atoms with Crippen LogP contribution in [0.3, 0.4) is 0 Å². The smallest absolute Gasteiger partial charge is 0.417 e. The molecule has 1 amide bonds. The monoisotopic (exact) mass is 459 g/mol. The summed E-state index contributed by atoms with van der Waals surface area (Å²) < 4.78 is 44.5. The van der Waals surface area contributed by atoms with E-state index in [1.807, 2.05) is 0 Å². The van der Waals surface area contributed by atoms with Crippen LogP contribution in [0.15, 0.2) is 29.3 Å². The molecule has 2 heterocycles. The van der Waals surface area contributed by atoms with Crippen LogP contribution in [0.25, 0.3) is 0 Å². The number of ether oxygens (including phenoxy) is 1. The lowest BCUT2D eigenvalue weighted by molar-refractivity contribution is -0.150. The first-order valence-electron chi connectivity index (χ1n) is 10.1. The standard InChI is InChI=1S/C21H25ClF3N3O3/c1-3-28-10-6-20(7-11-28)17(13(2)19(30)31-20)18(29)27-9-8-26-14-4-5-16(22)15(12-14)21(23,24)25/h4-5,12,26H,3,6-11H2,1-2H3,(H,27,29). The molecule has 0 atom stereocenters. The van der Waals surface area contributed by atoms with E-state index in [1.165, 1.54) is 12.1 Å². The van der Waals surface area contributed by atoms with Crippen LogP contribution in [0, 0.1) is 0 Å². The first-order chi connectivity index (χ1) is 14.6. The molecule has 10 heteroatoms. The molecular formula is C21H25ClF3N3O3. The Hall–Kier alpha value is -2.26. The van der Waals surface area contributed by atoms with Crippen LogP contribution >= 0.6 is 11.6 Å². The van der Waals surface area contributed by atoms with Gasteiger partial charge in [-0.05, 0) is 31.7 Å². The summed E-state index contributed by atoms with van der Waals surface area (Å²) in [6.45, 7) is 6.34. The zero-order valence-electron chi connectivity index (χ0n) is 17.4. The van der Waals surface area contributed by atoms with Crippen molar-refractivity contribution in [3.05, 3.63) is 39.9 Å². The quantitative estimate of drug-likeness (QED) is 0.502. The highest BCUT2D eigenvalue weighted by molar-refractivity contribution is 6.31. The second-order valence-corrected chi connectivity index (χ2v) is 8.10. The summed E-state index contributed by atoms with van der Waals surface area (Å²) in [5.41, 5.74) is -0.917. The maximum Gasteiger partial charge on any atom is 0.417 e. The first kappa shape index (κ1) is 23.4. The van der Waals surface area contributed by atoms with Gasteiger partial charge in [-0.25, -0.2) is 4.79 Å². The van der Waals surface area contributed by atoms with Gasteiger partial charge in [0, 0.05) is 50.3 Å². The van der Waals surface area contributed by atoms with Crippen molar-refractivity contribution < 1.29 is 27.5 Å². The minimum absolute atomic E-state index is 0.158. The first-order valence-corrected chi connectivity index (χ1v) is 10.5. The van der Waals surface area contributed by atoms with Crippen LogP contribution < -0.4 is 10.6 Å². The SMILES string of the molecule is CCN1CCC2(CC1)OC(=O)C(C)=C2C(=O)NCCNc1ccc(Cl)c(C(F)(F)F)c1. The Balaban J connectivity index is 1.60. The maximum absolute atomic E-state index is 13.0. The number of piperidine rings is 1. The van der Waals surface area contributed by atoms with Crippen molar-refractivity contribution in [3.63, 3.8) is 0 Å². The summed E-state index contributed by atoms with van der Waals surface area (Å²) >= 11 is 5.62. The Morgan fingerprint density at radius 3 is 2.55 bits per heavy atom. The summed E-state index contributed by atoms with van der Waals surface area (Å²) in [6.07, 6.45) is -3.45. The van der Waals surface area contributed by atoms with Crippen LogP contribution in [0.2, 0.25) is 5.02 Å². The molecule has 1 spiro atoms. The molecule has 6 nitrogen and oxygen atoms in total. The molecule has 0 unspecified atom stereocenters. The Kier molecular flexibility index (Phi) is 6.85. The third-order valence-corrected chi connectivity index (χ3v) is 6.10. The number of benzene rings is 1. The number of carbonyl (C=O) groups excluding carboxylic acids is 2. The fourth-order valence-electron chi connectivity index (χ4n) is 4.03. The Morgan fingerprint density at radius 2 is 1.94 bits per heavy atom. The molecule has 0 radical (unpaired) electrons. The molecule has 1 aromatic rings. The van der Waals surface area contributed by atoms with E-state index in [4.69, 9.17) is 16.3 Å². The van der Waals surface area contributed by atoms with E-state index < -0.39 is 23.3 Å². The number of hydrogen-bond donors (Lipinski definition) is 2. The number of rotatable bonds is 6. The van der Waals surface area contributed by atoms with Crippen LogP contribution in [0.4, 0.5) is 18.9 Å². The van der Waals surface area contributed by atoms with Gasteiger partial charge in [0.25, 0.3) is 5.91 Å². The van der Waals surface area contributed by atoms with Gasteiger partial charge in [-0.3, -0.25) is 4.79 Å². The van der Waals surface area contributed by atoms with Crippen molar-refractivity contribution in [2.45, 2.75) is 38.5 Å². The van der Waals surface area contributed by atoms with Gasteiger partial charge in [0.2, 0.25) is 0 Å². The van der Waals surface area contributed by atoms with E-state index in [1.54, 1.807) is 6.92 Å². The average molecular weight is 460 g/mol. The minimum Gasteiger partial charge on any atom is -0.450 e. The zero-order valence-corrected chi connectivity index (χ0v) is 18.1. The Bertz CT molecular complexity index is 894. The highest BCUT2D eigenvalue weighted by Gasteiger charge is 2.50. The highest BCUT2D eigenvalue weighted by atomic mass is 35.5. The lowest BCUT2D eigenvalue weighted by atomic mass is 9.82. The number of esters is 1. The molecule has 1 fully saturated rings. The molecule has 0 aliphatic carbocycles. The van der Waals surface area contributed by atoms with Gasteiger partial charge >= 0.3 is 12.1 Å². The predicted octanol–water partition coefficient (Wildman–Crippen LogP) is 3.61. The number of alkyl halides is 3. The number of halogens is 4. The summed E-state index contributed by atoms with van der Waals surface area (Å²) in [7, 11) is 0. The molecule has 2 aliphatic heterocycles. The molecule has 0 bridgehead atoms. The van der Waals surface area contributed by atoms with E-state index in [0.717, 1.165) is 25.7 Å². The number of carbonyl (C=O) groups is 2. The summed E-state index contributed by atoms with van der Waals surface area (Å²) in [4.78, 5) is 27.3. The van der Waals surface area contributed by atoms with Crippen molar-refractivity contribution in [1.82, 2.24) is 10.2 Å². The number of hydrogen-bond acceptors (Lipinski definition) is 5. The molecule has 31 heavy (non-hydrogen) atoms. The van der Waals surface area contributed by atoms with E-state index >= 15 is 0 Å². The molecule has 170 valence electrons. The van der Waals surface area contributed by atoms with E-state index in [9.17, 15) is 22.8 Å². The minimum atomic E-state index is -4.55. The van der Waals surface area contributed by atoms with Crippen molar-refractivity contribution in [2.75, 3.05) is 38.0 Å². The Labute approximate surface area is 183 Å². The molecule has 1 aromatic carbocycles. The molecule has 1 saturated heterocycles. The number of anilines is 1. The van der Waals surface area contributed by atoms with Crippen LogP contribution in [-0.4, -0.2) is 55.1 Å². The topological polar surface area (TPSA) is 70.7 Å². The summed E-state index contributed by atoms with van der Waals surface area (Å²) in [5, 5.41) is 5.21. The summed E-state index contributed by atoms with van der Waals surface area (Å²) in [5.74, 6) is -0.865. The number of amides is 1. The zero-order chi connectivity index (χ0) is 22.8. The predicted molar refractivity (Wildman–Crippen MR) is 111 cm³/mol. The van der Waals surface area contributed by atoms with E-state index in [-0.39, 0.29) is 29.7 Å². The third-order valence-electron chi connectivity index (χ3n) is 5.77. The fraction of sp³-hybridized carbons (Fsp3) is 0.524. The molecule has 0 saturated carbocycles. The van der Waals surface area contributed by atoms with Crippen molar-refractivity contribution >= 4 is 29.2 Å². The maximum atomic E-state index is 13.0.